The standard InChI is InChI=1S/Cr.Ni.Ti.W. The molecule has 0 rings (SSSR count). The summed E-state index contributed by atoms with van der Waals surface area (Å²) in [6.07, 6.45) is 0. The topological polar surface area (TPSA) is 0 Å². The summed E-state index contributed by atoms with van der Waals surface area (Å²) in [5, 5.41) is 0. The fourth-order valence-electron chi connectivity index (χ4n) is 0. The molecule has 0 aliphatic heterocycles. The molecule has 0 aromatic heterocycles. The fraction of sp³-hybridized carbons (Fsp3) is 0. The van der Waals surface area contributed by atoms with Gasteiger partial charge in [0.15, 0.2) is 0 Å². The van der Waals surface area contributed by atoms with Gasteiger partial charge < -0.3 is 0 Å². The second-order valence-corrected chi connectivity index (χ2v) is 0. The van der Waals surface area contributed by atoms with Gasteiger partial charge in [-0.3, -0.25) is 0 Å². The minimum atomic E-state index is 0. The molecule has 0 aliphatic rings. The Morgan fingerprint density at radius 2 is 1.00 bits per heavy atom. The van der Waals surface area contributed by atoms with E-state index in [0.717, 1.165) is 0 Å². The van der Waals surface area contributed by atoms with E-state index in [1.807, 2.05) is 0 Å². The predicted octanol–water partition coefficient (Wildman–Crippen LogP) is -0.0100. The zero-order valence-electron chi connectivity index (χ0n) is 1.63. The molecule has 4 heteroatoms. The normalized spacial score (nSPS) is 0. The third kappa shape index (κ3) is 8.83. The van der Waals surface area contributed by atoms with Gasteiger partial charge >= 0.3 is 0 Å². The van der Waals surface area contributed by atoms with E-state index in [2.05, 4.69) is 0 Å². The van der Waals surface area contributed by atoms with E-state index in [4.69, 9.17) is 0 Å². The molecule has 0 amide bonds. The van der Waals surface area contributed by atoms with E-state index in [1.54, 1.807) is 0 Å². The van der Waals surface area contributed by atoms with Crippen LogP contribution in [0.25, 0.3) is 0 Å². The zero-order valence-corrected chi connectivity index (χ0v) is 8.39. The van der Waals surface area contributed by atoms with Crippen LogP contribution in [0.3, 0.4) is 0 Å². The second kappa shape index (κ2) is 18.1. The molecule has 0 aromatic carbocycles. The first-order valence-electron chi connectivity index (χ1n) is 0. The molecular weight excluding hydrogens is 342 g/mol. The Morgan fingerprint density at radius 3 is 1.00 bits per heavy atom. The van der Waals surface area contributed by atoms with E-state index in [9.17, 15) is 0 Å². The maximum absolute atomic E-state index is 0. The molecule has 26 valence electrons. The quantitative estimate of drug-likeness (QED) is 0.544. The molecule has 0 aliphatic carbocycles. The maximum atomic E-state index is 0. The van der Waals surface area contributed by atoms with Crippen LogP contribution in [0.5, 0.6) is 0 Å². The van der Waals surface area contributed by atoms with Gasteiger partial charge in [0.05, 0.1) is 0 Å². The summed E-state index contributed by atoms with van der Waals surface area (Å²) in [5.41, 5.74) is 0. The van der Waals surface area contributed by atoms with Crippen molar-refractivity contribution >= 4 is 0 Å². The molecule has 0 nitrogen and oxygen atoms in total. The number of rotatable bonds is 0. The van der Waals surface area contributed by atoms with Gasteiger partial charge in [-0.25, -0.2) is 0 Å². The summed E-state index contributed by atoms with van der Waals surface area (Å²) in [5.74, 6) is 0. The van der Waals surface area contributed by atoms with Crippen LogP contribution < -0.4 is 0 Å². The van der Waals surface area contributed by atoms with Crippen LogP contribution in [0, 0.1) is 0 Å². The Bertz CT molecular complexity index is 8.00. The van der Waals surface area contributed by atoms with Crippen molar-refractivity contribution < 1.29 is 76.6 Å². The molecule has 0 fully saturated rings. The van der Waals surface area contributed by atoms with Gasteiger partial charge in [0, 0.05) is 76.6 Å². The minimum absolute atomic E-state index is 0. The van der Waals surface area contributed by atoms with E-state index in [1.165, 1.54) is 0 Å². The zero-order chi connectivity index (χ0) is 0. The van der Waals surface area contributed by atoms with Crippen LogP contribution in [0.15, 0.2) is 0 Å². The van der Waals surface area contributed by atoms with Crippen molar-refractivity contribution in [1.82, 2.24) is 0 Å². The fourth-order valence-corrected chi connectivity index (χ4v) is 0. The summed E-state index contributed by atoms with van der Waals surface area (Å²) in [6.45, 7) is 0. The average Bonchev–Trinajstić information content (AvgIpc) is 0. The smallest absolute Gasteiger partial charge is 0 e. The first kappa shape index (κ1) is 32.1. The Kier molecular flexibility index (Phi) is 145. The van der Waals surface area contributed by atoms with Crippen molar-refractivity contribution in [3.05, 3.63) is 0 Å². The second-order valence-electron chi connectivity index (χ2n) is 0. The average molecular weight is 342 g/mol. The molecule has 0 bridgehead atoms. The molecule has 0 spiro atoms. The predicted molar refractivity (Wildman–Crippen MR) is 0 cm³/mol. The first-order chi connectivity index (χ1) is 0. The molecule has 4 heavy (non-hydrogen) atoms. The van der Waals surface area contributed by atoms with Crippen molar-refractivity contribution in [3.8, 4) is 0 Å². The molecule has 0 radical (unpaired) electrons. The monoisotopic (exact) mass is 342 g/mol. The maximum Gasteiger partial charge on any atom is 0 e. The molecule has 0 atom stereocenters. The van der Waals surface area contributed by atoms with Crippen LogP contribution in [0.1, 0.15) is 0 Å². The third-order valence-electron chi connectivity index (χ3n) is 0. The van der Waals surface area contributed by atoms with Gasteiger partial charge in [-0.15, -0.1) is 0 Å². The molecule has 0 heterocycles. The molecule has 0 aromatic rings. The van der Waals surface area contributed by atoms with Crippen molar-refractivity contribution in [1.29, 1.82) is 0 Å². The molecule has 0 saturated heterocycles. The van der Waals surface area contributed by atoms with Crippen molar-refractivity contribution in [3.63, 3.8) is 0 Å². The Balaban J connectivity index is 0. The number of hydrogen-bond donors (Lipinski definition) is 0. The Morgan fingerprint density at radius 1 is 1.00 bits per heavy atom. The van der Waals surface area contributed by atoms with Gasteiger partial charge in [0.25, 0.3) is 0 Å². The summed E-state index contributed by atoms with van der Waals surface area (Å²) >= 11 is 0. The van der Waals surface area contributed by atoms with Gasteiger partial charge in [0.1, 0.15) is 0 Å². The van der Waals surface area contributed by atoms with E-state index in [0.29, 0.717) is 0 Å². The van der Waals surface area contributed by atoms with Crippen molar-refractivity contribution in [2.24, 2.45) is 0 Å². The van der Waals surface area contributed by atoms with Crippen molar-refractivity contribution in [2.75, 3.05) is 0 Å². The van der Waals surface area contributed by atoms with Crippen LogP contribution in [0.2, 0.25) is 0 Å². The minimum Gasteiger partial charge on any atom is 0 e. The van der Waals surface area contributed by atoms with Gasteiger partial charge in [-0.05, 0) is 0 Å². The van der Waals surface area contributed by atoms with Gasteiger partial charge in [-0.2, -0.15) is 0 Å². The number of hydrogen-bond acceptors (Lipinski definition) is 0. The van der Waals surface area contributed by atoms with E-state index >= 15 is 0 Å². The summed E-state index contributed by atoms with van der Waals surface area (Å²) in [7, 11) is 0. The van der Waals surface area contributed by atoms with E-state index < -0.39 is 0 Å². The van der Waals surface area contributed by atoms with Crippen LogP contribution >= 0.6 is 0 Å². The van der Waals surface area contributed by atoms with Gasteiger partial charge in [-0.1, -0.05) is 0 Å². The van der Waals surface area contributed by atoms with E-state index in [-0.39, 0.29) is 76.6 Å². The molecule has 0 saturated carbocycles. The SMILES string of the molecule is [Cr].[Ni].[Ti].[W]. The molecular formula is CrNiTiW. The van der Waals surface area contributed by atoms with Gasteiger partial charge in [0.2, 0.25) is 0 Å². The van der Waals surface area contributed by atoms with Crippen LogP contribution in [0.4, 0.5) is 0 Å². The third-order valence-corrected chi connectivity index (χ3v) is 0. The first-order valence-corrected chi connectivity index (χ1v) is 0. The Labute approximate surface area is 75.7 Å². The summed E-state index contributed by atoms with van der Waals surface area (Å²) in [6, 6.07) is 0. The Hall–Kier alpha value is 2.43. The largest absolute Gasteiger partial charge is 0 e. The van der Waals surface area contributed by atoms with Crippen LogP contribution in [-0.2, 0) is 76.6 Å². The molecule has 0 unspecified atom stereocenters. The summed E-state index contributed by atoms with van der Waals surface area (Å²) < 4.78 is 0. The summed E-state index contributed by atoms with van der Waals surface area (Å²) in [4.78, 5) is 0. The molecule has 0 N–H and O–H groups in total. The van der Waals surface area contributed by atoms with Crippen LogP contribution in [-0.4, -0.2) is 0 Å². The van der Waals surface area contributed by atoms with Crippen molar-refractivity contribution in [2.45, 2.75) is 0 Å².